The first kappa shape index (κ1) is 15.3. The van der Waals surface area contributed by atoms with Crippen LogP contribution in [-0.2, 0) is 0 Å². The Bertz CT molecular complexity index is 470. The molecular weight excluding hydrogens is 276 g/mol. The minimum atomic E-state index is 0.571. The predicted octanol–water partition coefficient (Wildman–Crippen LogP) is 6.69. The third-order valence-electron chi connectivity index (χ3n) is 10.2. The first-order valence-corrected chi connectivity index (χ1v) is 11.0. The SMILES string of the molecule is CC(C)(CC1CCCCC1)C1(C)CC2CC1C1C3CCC(C3)C21. The van der Waals surface area contributed by atoms with Gasteiger partial charge in [-0.25, -0.2) is 0 Å². The van der Waals surface area contributed by atoms with Crippen molar-refractivity contribution in [2.45, 2.75) is 91.4 Å². The molecule has 0 saturated heterocycles. The van der Waals surface area contributed by atoms with Crippen LogP contribution in [0.5, 0.6) is 0 Å². The molecule has 0 nitrogen and oxygen atoms in total. The zero-order valence-corrected chi connectivity index (χ0v) is 15.8. The Hall–Kier alpha value is 0. The summed E-state index contributed by atoms with van der Waals surface area (Å²) in [5.41, 5.74) is 1.22. The molecule has 0 aromatic carbocycles. The molecular formula is C23H38. The summed E-state index contributed by atoms with van der Waals surface area (Å²) in [6, 6.07) is 0. The molecule has 7 atom stereocenters. The molecule has 0 spiro atoms. The number of hydrogen-bond acceptors (Lipinski definition) is 0. The molecule has 5 saturated carbocycles. The molecule has 0 heteroatoms. The fourth-order valence-electron chi connectivity index (χ4n) is 9.04. The molecule has 5 rings (SSSR count). The van der Waals surface area contributed by atoms with Crippen molar-refractivity contribution >= 4 is 0 Å². The van der Waals surface area contributed by atoms with Gasteiger partial charge in [-0.05, 0) is 90.8 Å². The summed E-state index contributed by atoms with van der Waals surface area (Å²) in [6.07, 6.45) is 17.1. The lowest BCUT2D eigenvalue weighted by Gasteiger charge is -2.54. The standard InChI is InChI=1S/C23H38/c1-22(2,13-15-7-5-4-6-8-15)23(3)14-18-12-19(23)21-17-10-9-16(11-17)20(18)21/h15-21H,4-14H2,1-3H3. The predicted molar refractivity (Wildman–Crippen MR) is 97.1 cm³/mol. The van der Waals surface area contributed by atoms with E-state index in [1.807, 2.05) is 0 Å². The summed E-state index contributed by atoms with van der Waals surface area (Å²) >= 11 is 0. The van der Waals surface area contributed by atoms with Gasteiger partial charge in [0.15, 0.2) is 0 Å². The second-order valence-corrected chi connectivity index (χ2v) is 11.3. The van der Waals surface area contributed by atoms with Gasteiger partial charge in [-0.15, -0.1) is 0 Å². The summed E-state index contributed by atoms with van der Waals surface area (Å²) in [7, 11) is 0. The summed E-state index contributed by atoms with van der Waals surface area (Å²) < 4.78 is 0. The smallest absolute Gasteiger partial charge is 0.0240 e. The molecule has 4 bridgehead atoms. The molecule has 0 aromatic rings. The van der Waals surface area contributed by atoms with E-state index in [2.05, 4.69) is 20.8 Å². The maximum atomic E-state index is 2.74. The highest BCUT2D eigenvalue weighted by Gasteiger charge is 2.68. The average molecular weight is 315 g/mol. The van der Waals surface area contributed by atoms with Crippen LogP contribution in [0.1, 0.15) is 91.4 Å². The quantitative estimate of drug-likeness (QED) is 0.509. The Balaban J connectivity index is 1.37. The normalized spacial score (nSPS) is 52.3. The maximum absolute atomic E-state index is 2.74. The van der Waals surface area contributed by atoms with Crippen LogP contribution in [-0.4, -0.2) is 0 Å². The Kier molecular flexibility index (Phi) is 3.33. The van der Waals surface area contributed by atoms with Crippen molar-refractivity contribution in [2.24, 2.45) is 52.3 Å². The average Bonchev–Trinajstić information content (AvgIpc) is 3.25. The van der Waals surface area contributed by atoms with E-state index in [-0.39, 0.29) is 0 Å². The summed E-state index contributed by atoms with van der Waals surface area (Å²) in [4.78, 5) is 0. The van der Waals surface area contributed by atoms with Gasteiger partial charge < -0.3 is 0 Å². The van der Waals surface area contributed by atoms with Gasteiger partial charge in [-0.2, -0.15) is 0 Å². The summed E-state index contributed by atoms with van der Waals surface area (Å²) in [6.45, 7) is 8.08. The van der Waals surface area contributed by atoms with Crippen molar-refractivity contribution in [2.75, 3.05) is 0 Å². The van der Waals surface area contributed by atoms with Crippen LogP contribution in [0.3, 0.4) is 0 Å². The van der Waals surface area contributed by atoms with Crippen LogP contribution >= 0.6 is 0 Å². The van der Waals surface area contributed by atoms with E-state index in [0.717, 1.165) is 35.5 Å². The summed E-state index contributed by atoms with van der Waals surface area (Å²) in [5.74, 6) is 7.89. The lowest BCUT2D eigenvalue weighted by Crippen LogP contribution is -2.47. The van der Waals surface area contributed by atoms with E-state index in [1.165, 1.54) is 44.4 Å². The largest absolute Gasteiger partial charge is 0.0594 e. The molecule has 0 heterocycles. The third kappa shape index (κ3) is 2.02. The van der Waals surface area contributed by atoms with Gasteiger partial charge in [0.05, 0.1) is 0 Å². The van der Waals surface area contributed by atoms with Crippen LogP contribution < -0.4 is 0 Å². The lowest BCUT2D eigenvalue weighted by molar-refractivity contribution is -0.0523. The van der Waals surface area contributed by atoms with Crippen molar-refractivity contribution < 1.29 is 0 Å². The molecule has 23 heavy (non-hydrogen) atoms. The topological polar surface area (TPSA) is 0 Å². The van der Waals surface area contributed by atoms with Gasteiger partial charge >= 0.3 is 0 Å². The van der Waals surface area contributed by atoms with Crippen LogP contribution in [0.15, 0.2) is 0 Å². The Labute approximate surface area is 144 Å². The fourth-order valence-corrected chi connectivity index (χ4v) is 9.04. The second kappa shape index (κ2) is 5.01. The van der Waals surface area contributed by atoms with Crippen LogP contribution in [0.2, 0.25) is 0 Å². The van der Waals surface area contributed by atoms with Crippen molar-refractivity contribution in [3.05, 3.63) is 0 Å². The minimum absolute atomic E-state index is 0.571. The zero-order chi connectivity index (χ0) is 15.8. The zero-order valence-electron chi connectivity index (χ0n) is 15.8. The molecule has 5 fully saturated rings. The molecule has 0 aromatic heterocycles. The maximum Gasteiger partial charge on any atom is -0.0240 e. The highest BCUT2D eigenvalue weighted by molar-refractivity contribution is 5.16. The molecule has 0 N–H and O–H groups in total. The van der Waals surface area contributed by atoms with E-state index in [4.69, 9.17) is 0 Å². The molecule has 0 aliphatic heterocycles. The Morgan fingerprint density at radius 1 is 0.826 bits per heavy atom. The highest BCUT2D eigenvalue weighted by atomic mass is 14.7. The van der Waals surface area contributed by atoms with Gasteiger partial charge in [0, 0.05) is 0 Å². The van der Waals surface area contributed by atoms with E-state index in [0.29, 0.717) is 10.8 Å². The van der Waals surface area contributed by atoms with Crippen molar-refractivity contribution in [3.63, 3.8) is 0 Å². The van der Waals surface area contributed by atoms with E-state index in [1.54, 1.807) is 32.1 Å². The van der Waals surface area contributed by atoms with Crippen molar-refractivity contribution in [1.29, 1.82) is 0 Å². The molecule has 0 radical (unpaired) electrons. The van der Waals surface area contributed by atoms with Gasteiger partial charge in [-0.3, -0.25) is 0 Å². The lowest BCUT2D eigenvalue weighted by atomic mass is 9.51. The number of rotatable bonds is 3. The molecule has 5 aliphatic rings. The first-order chi connectivity index (χ1) is 11.0. The first-order valence-electron chi connectivity index (χ1n) is 11.0. The minimum Gasteiger partial charge on any atom is -0.0594 e. The molecule has 0 amide bonds. The van der Waals surface area contributed by atoms with E-state index < -0.39 is 0 Å². The van der Waals surface area contributed by atoms with Gasteiger partial charge in [0.1, 0.15) is 0 Å². The monoisotopic (exact) mass is 314 g/mol. The second-order valence-electron chi connectivity index (χ2n) is 11.3. The van der Waals surface area contributed by atoms with Crippen molar-refractivity contribution in [3.8, 4) is 0 Å². The number of fused-ring (bicyclic) bond motifs is 9. The third-order valence-corrected chi connectivity index (χ3v) is 10.2. The van der Waals surface area contributed by atoms with Gasteiger partial charge in [0.25, 0.3) is 0 Å². The number of hydrogen-bond donors (Lipinski definition) is 0. The van der Waals surface area contributed by atoms with Gasteiger partial charge in [-0.1, -0.05) is 52.9 Å². The van der Waals surface area contributed by atoms with E-state index >= 15 is 0 Å². The molecule has 130 valence electrons. The highest BCUT2D eigenvalue weighted by Crippen LogP contribution is 2.75. The van der Waals surface area contributed by atoms with E-state index in [9.17, 15) is 0 Å². The van der Waals surface area contributed by atoms with Crippen molar-refractivity contribution in [1.82, 2.24) is 0 Å². The van der Waals surface area contributed by atoms with Gasteiger partial charge in [0.2, 0.25) is 0 Å². The Morgan fingerprint density at radius 2 is 1.52 bits per heavy atom. The van der Waals surface area contributed by atoms with Crippen LogP contribution in [0.4, 0.5) is 0 Å². The molecule has 7 unspecified atom stereocenters. The summed E-state index contributed by atoms with van der Waals surface area (Å²) in [5, 5.41) is 0. The van der Waals surface area contributed by atoms with Crippen LogP contribution in [0.25, 0.3) is 0 Å². The fraction of sp³-hybridized carbons (Fsp3) is 1.00. The molecule has 5 aliphatic carbocycles. The van der Waals surface area contributed by atoms with Crippen LogP contribution in [0, 0.1) is 52.3 Å². The Morgan fingerprint density at radius 3 is 2.26 bits per heavy atom.